The second-order valence-electron chi connectivity index (χ2n) is 3.81. The predicted octanol–water partition coefficient (Wildman–Crippen LogP) is 2.38. The highest BCUT2D eigenvalue weighted by molar-refractivity contribution is 5.91. The summed E-state index contributed by atoms with van der Waals surface area (Å²) in [7, 11) is 2.89. The molecule has 19 heavy (non-hydrogen) atoms. The Bertz CT molecular complexity index is 466. The van der Waals surface area contributed by atoms with Gasteiger partial charge in [0.2, 0.25) is 5.75 Å². The van der Waals surface area contributed by atoms with Crippen molar-refractivity contribution in [1.29, 1.82) is 0 Å². The lowest BCUT2D eigenvalue weighted by Gasteiger charge is -2.11. The maximum atomic E-state index is 11.4. The number of phenols is 1. The van der Waals surface area contributed by atoms with Crippen LogP contribution in [0.15, 0.2) is 18.2 Å². The molecule has 0 saturated heterocycles. The lowest BCUT2D eigenvalue weighted by molar-refractivity contribution is -0.137. The van der Waals surface area contributed by atoms with Gasteiger partial charge in [0.05, 0.1) is 20.8 Å². The molecule has 0 aliphatic rings. The highest BCUT2D eigenvalue weighted by Crippen LogP contribution is 2.38. The maximum Gasteiger partial charge on any atom is 0.331 e. The molecule has 1 rings (SSSR count). The van der Waals surface area contributed by atoms with Gasteiger partial charge in [-0.1, -0.05) is 0 Å². The van der Waals surface area contributed by atoms with Crippen LogP contribution in [0.4, 0.5) is 0 Å². The number of allylic oxidation sites excluding steroid dienone is 1. The Labute approximate surface area is 112 Å². The van der Waals surface area contributed by atoms with Crippen molar-refractivity contribution in [2.45, 2.75) is 13.8 Å². The fourth-order valence-electron chi connectivity index (χ4n) is 1.57. The number of carbonyl (C=O) groups excluding carboxylic acids is 1. The van der Waals surface area contributed by atoms with E-state index in [-0.39, 0.29) is 17.2 Å². The Morgan fingerprint density at radius 3 is 2.21 bits per heavy atom. The Morgan fingerprint density at radius 2 is 1.79 bits per heavy atom. The molecule has 0 aromatic heterocycles. The number of hydrogen-bond donors (Lipinski definition) is 1. The van der Waals surface area contributed by atoms with Gasteiger partial charge in [-0.05, 0) is 37.1 Å². The molecule has 0 radical (unpaired) electrons. The first-order valence-electron chi connectivity index (χ1n) is 5.83. The third kappa shape index (κ3) is 3.64. The van der Waals surface area contributed by atoms with E-state index in [0.29, 0.717) is 17.7 Å². The van der Waals surface area contributed by atoms with Crippen molar-refractivity contribution in [3.63, 3.8) is 0 Å². The molecular formula is C14H18O5. The topological polar surface area (TPSA) is 65.0 Å². The minimum atomic E-state index is -0.411. The smallest absolute Gasteiger partial charge is 0.331 e. The first-order chi connectivity index (χ1) is 9.03. The van der Waals surface area contributed by atoms with E-state index < -0.39 is 5.97 Å². The van der Waals surface area contributed by atoms with E-state index in [1.54, 1.807) is 26.0 Å². The molecule has 0 aliphatic carbocycles. The van der Waals surface area contributed by atoms with Crippen molar-refractivity contribution in [2.75, 3.05) is 20.8 Å². The van der Waals surface area contributed by atoms with Gasteiger partial charge in [-0.3, -0.25) is 0 Å². The summed E-state index contributed by atoms with van der Waals surface area (Å²) < 4.78 is 15.0. The summed E-state index contributed by atoms with van der Waals surface area (Å²) in [6.45, 7) is 3.83. The van der Waals surface area contributed by atoms with Crippen molar-refractivity contribution < 1.29 is 24.1 Å². The average Bonchev–Trinajstić information content (AvgIpc) is 2.39. The molecule has 5 heteroatoms. The summed E-state index contributed by atoms with van der Waals surface area (Å²) >= 11 is 0. The molecular weight excluding hydrogens is 248 g/mol. The Balaban J connectivity index is 3.16. The molecule has 0 unspecified atom stereocenters. The van der Waals surface area contributed by atoms with Crippen molar-refractivity contribution in [3.8, 4) is 17.2 Å². The van der Waals surface area contributed by atoms with E-state index in [4.69, 9.17) is 14.2 Å². The highest BCUT2D eigenvalue weighted by Gasteiger charge is 2.12. The number of methoxy groups -OCH3 is 2. The van der Waals surface area contributed by atoms with Crippen molar-refractivity contribution in [1.82, 2.24) is 0 Å². The van der Waals surface area contributed by atoms with Gasteiger partial charge >= 0.3 is 5.97 Å². The van der Waals surface area contributed by atoms with Crippen molar-refractivity contribution >= 4 is 11.5 Å². The summed E-state index contributed by atoms with van der Waals surface area (Å²) in [5.41, 5.74) is 1.40. The van der Waals surface area contributed by atoms with Crippen LogP contribution in [0.3, 0.4) is 0 Å². The van der Waals surface area contributed by atoms with Crippen molar-refractivity contribution in [2.24, 2.45) is 0 Å². The molecule has 0 spiro atoms. The monoisotopic (exact) mass is 266 g/mol. The molecule has 1 aromatic carbocycles. The molecule has 104 valence electrons. The molecule has 0 amide bonds. The van der Waals surface area contributed by atoms with Crippen LogP contribution in [0.1, 0.15) is 19.4 Å². The van der Waals surface area contributed by atoms with Crippen LogP contribution in [0.25, 0.3) is 5.57 Å². The first-order valence-corrected chi connectivity index (χ1v) is 5.83. The lowest BCUT2D eigenvalue weighted by Crippen LogP contribution is -2.00. The van der Waals surface area contributed by atoms with Gasteiger partial charge < -0.3 is 19.3 Å². The zero-order valence-electron chi connectivity index (χ0n) is 11.5. The minimum Gasteiger partial charge on any atom is -0.502 e. The van der Waals surface area contributed by atoms with E-state index in [2.05, 4.69) is 0 Å². The standard InChI is InChI=1S/C14H18O5/c1-5-19-13(15)6-9(2)10-7-11(17-3)14(16)12(8-10)18-4/h6-8,16H,5H2,1-4H3. The van der Waals surface area contributed by atoms with E-state index >= 15 is 0 Å². The van der Waals surface area contributed by atoms with Crippen LogP contribution in [-0.4, -0.2) is 31.9 Å². The maximum absolute atomic E-state index is 11.4. The summed E-state index contributed by atoms with van der Waals surface area (Å²) in [5, 5.41) is 9.80. The van der Waals surface area contributed by atoms with E-state index in [9.17, 15) is 9.90 Å². The third-order valence-electron chi connectivity index (χ3n) is 2.56. The number of phenolic OH excluding ortho intramolecular Hbond substituents is 1. The van der Waals surface area contributed by atoms with Crippen LogP contribution in [0, 0.1) is 0 Å². The van der Waals surface area contributed by atoms with Crippen LogP contribution in [0.5, 0.6) is 17.2 Å². The molecule has 0 heterocycles. The normalized spacial score (nSPS) is 11.1. The number of hydrogen-bond acceptors (Lipinski definition) is 5. The Hall–Kier alpha value is -2.17. The van der Waals surface area contributed by atoms with E-state index in [1.165, 1.54) is 20.3 Å². The van der Waals surface area contributed by atoms with Gasteiger partial charge in [0.15, 0.2) is 11.5 Å². The second-order valence-corrected chi connectivity index (χ2v) is 3.81. The fourth-order valence-corrected chi connectivity index (χ4v) is 1.57. The Kier molecular flexibility index (Phi) is 5.23. The molecule has 0 saturated carbocycles. The highest BCUT2D eigenvalue weighted by atomic mass is 16.5. The summed E-state index contributed by atoms with van der Waals surface area (Å²) in [6.07, 6.45) is 1.38. The molecule has 0 bridgehead atoms. The number of benzene rings is 1. The molecule has 5 nitrogen and oxygen atoms in total. The number of rotatable bonds is 5. The van der Waals surface area contributed by atoms with Gasteiger partial charge in [0, 0.05) is 6.08 Å². The van der Waals surface area contributed by atoms with Crippen molar-refractivity contribution in [3.05, 3.63) is 23.8 Å². The third-order valence-corrected chi connectivity index (χ3v) is 2.56. The SMILES string of the molecule is CCOC(=O)C=C(C)c1cc(OC)c(O)c(OC)c1. The fraction of sp³-hybridized carbons (Fsp3) is 0.357. The molecule has 1 N–H and O–H groups in total. The summed E-state index contributed by atoms with van der Waals surface area (Å²) in [6, 6.07) is 3.26. The van der Waals surface area contributed by atoms with E-state index in [1.807, 2.05) is 0 Å². The zero-order valence-corrected chi connectivity index (χ0v) is 11.5. The van der Waals surface area contributed by atoms with E-state index in [0.717, 1.165) is 0 Å². The zero-order chi connectivity index (χ0) is 14.4. The molecule has 0 fully saturated rings. The van der Waals surface area contributed by atoms with Crippen LogP contribution in [0.2, 0.25) is 0 Å². The number of carbonyl (C=O) groups is 1. The van der Waals surface area contributed by atoms with Gasteiger partial charge in [0.25, 0.3) is 0 Å². The number of esters is 1. The molecule has 0 aliphatic heterocycles. The summed E-state index contributed by atoms with van der Waals surface area (Å²) in [5.74, 6) is 0.0839. The van der Waals surface area contributed by atoms with Crippen LogP contribution in [-0.2, 0) is 9.53 Å². The van der Waals surface area contributed by atoms with Gasteiger partial charge in [-0.2, -0.15) is 0 Å². The number of aromatic hydroxyl groups is 1. The minimum absolute atomic E-state index is 0.0716. The first kappa shape index (κ1) is 14.9. The molecule has 0 atom stereocenters. The largest absolute Gasteiger partial charge is 0.502 e. The second kappa shape index (κ2) is 6.68. The van der Waals surface area contributed by atoms with Gasteiger partial charge in [0.1, 0.15) is 0 Å². The van der Waals surface area contributed by atoms with Crippen LogP contribution >= 0.6 is 0 Å². The van der Waals surface area contributed by atoms with Gasteiger partial charge in [-0.15, -0.1) is 0 Å². The Morgan fingerprint density at radius 1 is 1.26 bits per heavy atom. The van der Waals surface area contributed by atoms with Gasteiger partial charge in [-0.25, -0.2) is 4.79 Å². The van der Waals surface area contributed by atoms with Crippen LogP contribution < -0.4 is 9.47 Å². The average molecular weight is 266 g/mol. The lowest BCUT2D eigenvalue weighted by atomic mass is 10.1. The summed E-state index contributed by atoms with van der Waals surface area (Å²) in [4.78, 5) is 11.4. The number of ether oxygens (including phenoxy) is 3. The predicted molar refractivity (Wildman–Crippen MR) is 71.5 cm³/mol. The molecule has 1 aromatic rings. The quantitative estimate of drug-likeness (QED) is 0.654.